The zero-order valence-corrected chi connectivity index (χ0v) is 31.6. The van der Waals surface area contributed by atoms with E-state index in [1.807, 2.05) is 67.4 Å². The molecule has 0 spiro atoms. The lowest BCUT2D eigenvalue weighted by Gasteiger charge is -2.80. The standard InChI is InChI=1S/C41H47N7O4S/c1-25(44-24-41-38(2)15-16-40(41,52-19-17-43-4)23-39(41,3)22-38)29(20-42)27-12-13-33(46-34(27)36(50)51)48-18-14-26-8-7-9-28(30(26)21-48)35(49)47-37-45-31-10-5-6-11-32(31)53-37/h5-13,20,42-44H,14-19,21-24H2,1-4H3,(H,50,51)(H,45,47,49)/b29-25+,42-20?. The third-order valence-electron chi connectivity index (χ3n) is 13.0. The molecule has 1 aliphatic heterocycles. The van der Waals surface area contributed by atoms with Gasteiger partial charge in [-0.2, -0.15) is 0 Å². The summed E-state index contributed by atoms with van der Waals surface area (Å²) in [5.41, 5.74) is 5.06. The van der Waals surface area contributed by atoms with Gasteiger partial charge in [0.1, 0.15) is 5.82 Å². The fourth-order valence-electron chi connectivity index (χ4n) is 10.9. The molecule has 53 heavy (non-hydrogen) atoms. The number of hydrogen-bond acceptors (Lipinski definition) is 10. The molecule has 3 fully saturated rings. The van der Waals surface area contributed by atoms with Gasteiger partial charge >= 0.3 is 5.97 Å². The van der Waals surface area contributed by atoms with Crippen LogP contribution in [0, 0.1) is 21.7 Å². The van der Waals surface area contributed by atoms with E-state index in [1.165, 1.54) is 24.0 Å². The van der Waals surface area contributed by atoms with Crippen LogP contribution in [0.1, 0.15) is 84.0 Å². The Morgan fingerprint density at radius 3 is 2.62 bits per heavy atom. The van der Waals surface area contributed by atoms with Gasteiger partial charge < -0.3 is 30.8 Å². The van der Waals surface area contributed by atoms with Crippen molar-refractivity contribution >= 4 is 56.2 Å². The highest BCUT2D eigenvalue weighted by Crippen LogP contribution is 2.88. The molecule has 11 nitrogen and oxygen atoms in total. The second-order valence-electron chi connectivity index (χ2n) is 15.8. The first kappa shape index (κ1) is 35.4. The Balaban J connectivity index is 1.03. The number of carboxylic acids is 1. The molecule has 8 rings (SSSR count). The number of nitrogens with zero attached hydrogens (tertiary/aromatic N) is 3. The molecule has 0 saturated heterocycles. The predicted molar refractivity (Wildman–Crippen MR) is 209 cm³/mol. The fraction of sp³-hybridized carbons (Fsp3) is 0.439. The molecule has 12 heteroatoms. The number of allylic oxidation sites excluding steroid dienone is 2. The number of likely N-dealkylation sites (N-methyl/N-ethyl adjacent to an activating group) is 1. The predicted octanol–water partition coefficient (Wildman–Crippen LogP) is 6.75. The summed E-state index contributed by atoms with van der Waals surface area (Å²) in [7, 11) is 1.94. The van der Waals surface area contributed by atoms with E-state index in [9.17, 15) is 14.7 Å². The molecule has 5 N–H and O–H groups in total. The number of carbonyl (C=O) groups is 2. The SMILES string of the molecule is CNCCOC12CCC3(C)CC(C)(C1)C32CN/C(C)=C(\C=N)c1ccc(N2CCc3cccc(C(=O)Nc4nc5ccccc5s4)c3C2)nc1C(=O)O. The maximum absolute atomic E-state index is 13.6. The molecule has 4 atom stereocenters. The Labute approximate surface area is 313 Å². The van der Waals surface area contributed by atoms with Gasteiger partial charge in [0.25, 0.3) is 5.91 Å². The summed E-state index contributed by atoms with van der Waals surface area (Å²) in [5.74, 6) is -0.882. The fourth-order valence-corrected chi connectivity index (χ4v) is 11.7. The Morgan fingerprint density at radius 1 is 1.04 bits per heavy atom. The smallest absolute Gasteiger partial charge is 0.355 e. The first-order valence-corrected chi connectivity index (χ1v) is 19.3. The Hall–Kier alpha value is -4.65. The molecule has 3 aliphatic carbocycles. The summed E-state index contributed by atoms with van der Waals surface area (Å²) in [6.07, 6.45) is 6.34. The van der Waals surface area contributed by atoms with Crippen LogP contribution in [-0.2, 0) is 17.7 Å². The van der Waals surface area contributed by atoms with Gasteiger partial charge in [0, 0.05) is 60.2 Å². The zero-order chi connectivity index (χ0) is 37.2. The van der Waals surface area contributed by atoms with Gasteiger partial charge in [-0.25, -0.2) is 14.8 Å². The third-order valence-corrected chi connectivity index (χ3v) is 14.0. The van der Waals surface area contributed by atoms with Crippen LogP contribution >= 0.6 is 11.3 Å². The summed E-state index contributed by atoms with van der Waals surface area (Å²) in [5, 5.41) is 29.3. The van der Waals surface area contributed by atoms with Crippen molar-refractivity contribution in [3.05, 3.63) is 88.2 Å². The molecule has 2 aromatic carbocycles. The highest BCUT2D eigenvalue weighted by Gasteiger charge is 2.87. The molecule has 0 bridgehead atoms. The molecule has 3 heterocycles. The molecule has 1 amide bonds. The van der Waals surface area contributed by atoms with Crippen LogP contribution in [0.15, 0.2) is 60.3 Å². The van der Waals surface area contributed by atoms with Crippen LogP contribution in [0.2, 0.25) is 0 Å². The van der Waals surface area contributed by atoms with Gasteiger partial charge in [0.05, 0.1) is 22.4 Å². The molecule has 276 valence electrons. The third kappa shape index (κ3) is 5.40. The zero-order valence-electron chi connectivity index (χ0n) is 30.8. The van der Waals surface area contributed by atoms with Crippen molar-refractivity contribution in [2.75, 3.05) is 43.5 Å². The second-order valence-corrected chi connectivity index (χ2v) is 16.8. The highest BCUT2D eigenvalue weighted by molar-refractivity contribution is 7.22. The minimum absolute atomic E-state index is 0.0262. The summed E-state index contributed by atoms with van der Waals surface area (Å²) >= 11 is 1.43. The van der Waals surface area contributed by atoms with Crippen molar-refractivity contribution in [3.8, 4) is 0 Å². The summed E-state index contributed by atoms with van der Waals surface area (Å²) in [6.45, 7) is 9.92. The van der Waals surface area contributed by atoms with Crippen molar-refractivity contribution in [2.45, 2.75) is 65.0 Å². The number of nitrogens with one attached hydrogen (secondary N) is 4. The number of anilines is 2. The van der Waals surface area contributed by atoms with Crippen LogP contribution in [-0.4, -0.2) is 72.1 Å². The molecule has 3 saturated carbocycles. The maximum atomic E-state index is 13.6. The van der Waals surface area contributed by atoms with E-state index in [0.717, 1.165) is 52.8 Å². The molecular formula is C41H47N7O4S. The average molecular weight is 734 g/mol. The van der Waals surface area contributed by atoms with Crippen molar-refractivity contribution in [3.63, 3.8) is 0 Å². The molecule has 4 aromatic rings. The van der Waals surface area contributed by atoms with E-state index in [1.54, 1.807) is 6.07 Å². The number of thiazole rings is 1. The number of para-hydroxylation sites is 1. The minimum atomic E-state index is -1.16. The van der Waals surface area contributed by atoms with E-state index >= 15 is 0 Å². The number of aromatic carboxylic acids is 1. The number of benzene rings is 2. The number of amides is 1. The Bertz CT molecular complexity index is 2150. The van der Waals surface area contributed by atoms with E-state index in [0.29, 0.717) is 60.3 Å². The van der Waals surface area contributed by atoms with Crippen LogP contribution < -0.4 is 20.9 Å². The van der Waals surface area contributed by atoms with Gasteiger partial charge in [-0.05, 0) is 98.4 Å². The first-order valence-electron chi connectivity index (χ1n) is 18.5. The lowest BCUT2D eigenvalue weighted by molar-refractivity contribution is -0.363. The largest absolute Gasteiger partial charge is 0.476 e. The van der Waals surface area contributed by atoms with Crippen molar-refractivity contribution in [2.24, 2.45) is 16.2 Å². The van der Waals surface area contributed by atoms with Gasteiger partial charge in [-0.3, -0.25) is 10.1 Å². The quantitative estimate of drug-likeness (QED) is 0.0742. The molecule has 0 radical (unpaired) electrons. The van der Waals surface area contributed by atoms with Crippen molar-refractivity contribution < 1.29 is 19.4 Å². The van der Waals surface area contributed by atoms with Gasteiger partial charge in [0.2, 0.25) is 0 Å². The number of rotatable bonds is 13. The van der Waals surface area contributed by atoms with Crippen LogP contribution in [0.5, 0.6) is 0 Å². The first-order chi connectivity index (χ1) is 25.5. The highest BCUT2D eigenvalue weighted by atomic mass is 32.1. The normalized spacial score (nSPS) is 27.2. The number of pyridine rings is 1. The molecule has 2 aromatic heterocycles. The lowest BCUT2D eigenvalue weighted by atomic mass is 9.26. The van der Waals surface area contributed by atoms with Gasteiger partial charge in [0.15, 0.2) is 10.8 Å². The van der Waals surface area contributed by atoms with Crippen LogP contribution in [0.25, 0.3) is 15.8 Å². The Morgan fingerprint density at radius 2 is 1.87 bits per heavy atom. The summed E-state index contributed by atoms with van der Waals surface area (Å²) in [6, 6.07) is 17.1. The number of carbonyl (C=O) groups excluding carboxylic acids is 1. The van der Waals surface area contributed by atoms with Gasteiger partial charge in [-0.15, -0.1) is 0 Å². The van der Waals surface area contributed by atoms with E-state index in [4.69, 9.17) is 10.1 Å². The topological polar surface area (TPSA) is 153 Å². The van der Waals surface area contributed by atoms with Crippen molar-refractivity contribution in [1.29, 1.82) is 5.41 Å². The number of carboxylic acid groups (broad SMARTS) is 1. The molecule has 4 unspecified atom stereocenters. The number of aromatic nitrogens is 2. The van der Waals surface area contributed by atoms with E-state index < -0.39 is 5.97 Å². The summed E-state index contributed by atoms with van der Waals surface area (Å²) in [4.78, 5) is 37.6. The van der Waals surface area contributed by atoms with Crippen LogP contribution in [0.3, 0.4) is 0 Å². The summed E-state index contributed by atoms with van der Waals surface area (Å²) < 4.78 is 7.69. The lowest BCUT2D eigenvalue weighted by Crippen LogP contribution is -2.82. The van der Waals surface area contributed by atoms with E-state index in [2.05, 4.69) is 39.8 Å². The minimum Gasteiger partial charge on any atom is -0.476 e. The van der Waals surface area contributed by atoms with Crippen LogP contribution in [0.4, 0.5) is 10.9 Å². The van der Waals surface area contributed by atoms with Gasteiger partial charge in [-0.1, -0.05) is 49.4 Å². The molecule has 4 aliphatic rings. The van der Waals surface area contributed by atoms with Crippen molar-refractivity contribution in [1.82, 2.24) is 20.6 Å². The average Bonchev–Trinajstić information content (AvgIpc) is 3.57. The number of ether oxygens (including phenoxy) is 1. The maximum Gasteiger partial charge on any atom is 0.355 e. The second kappa shape index (κ2) is 13.0. The molecular weight excluding hydrogens is 687 g/mol. The monoisotopic (exact) mass is 733 g/mol. The van der Waals surface area contributed by atoms with E-state index in [-0.39, 0.29) is 33.4 Å². The number of fused-ring (bicyclic) bond motifs is 2. The number of hydrogen-bond donors (Lipinski definition) is 5. The Kier molecular flexibility index (Phi) is 8.70.